The van der Waals surface area contributed by atoms with Gasteiger partial charge in [-0.3, -0.25) is 4.79 Å². The minimum absolute atomic E-state index is 0. The van der Waals surface area contributed by atoms with Crippen molar-refractivity contribution in [3.05, 3.63) is 23.8 Å². The zero-order valence-electron chi connectivity index (χ0n) is 14.8. The zero-order chi connectivity index (χ0) is 17.5. The summed E-state index contributed by atoms with van der Waals surface area (Å²) in [5, 5.41) is 6.24. The fraction of sp³-hybridized carbons (Fsp3) is 0.588. The largest absolute Gasteiger partial charge is 0.326 e. The highest BCUT2D eigenvalue weighted by atomic mass is 35.5. The van der Waals surface area contributed by atoms with Gasteiger partial charge in [-0.2, -0.15) is 0 Å². The first-order valence-corrected chi connectivity index (χ1v) is 9.75. The second-order valence-corrected chi connectivity index (χ2v) is 9.25. The van der Waals surface area contributed by atoms with Gasteiger partial charge in [0.05, 0.1) is 4.90 Å². The van der Waals surface area contributed by atoms with Gasteiger partial charge >= 0.3 is 0 Å². The van der Waals surface area contributed by atoms with Crippen LogP contribution in [0.15, 0.2) is 23.1 Å². The molecule has 0 radical (unpaired) electrons. The summed E-state index contributed by atoms with van der Waals surface area (Å²) in [6.07, 6.45) is 3.02. The summed E-state index contributed by atoms with van der Waals surface area (Å²) in [5.74, 6) is 0.0590. The number of anilines is 1. The molecule has 1 aliphatic heterocycles. The molecule has 2 aliphatic rings. The Morgan fingerprint density at radius 2 is 1.92 bits per heavy atom. The van der Waals surface area contributed by atoms with E-state index >= 15 is 0 Å². The molecule has 1 heterocycles. The first kappa shape index (κ1) is 20.2. The van der Waals surface area contributed by atoms with E-state index in [4.69, 9.17) is 0 Å². The molecular formula is C17H26ClN3O3S. The Hall–Kier alpha value is -1.15. The van der Waals surface area contributed by atoms with Crippen molar-refractivity contribution in [2.24, 2.45) is 11.3 Å². The average Bonchev–Trinajstić information content (AvgIpc) is 3.23. The Labute approximate surface area is 155 Å². The van der Waals surface area contributed by atoms with Crippen LogP contribution in [-0.2, 0) is 14.8 Å². The number of benzene rings is 1. The van der Waals surface area contributed by atoms with E-state index in [0.29, 0.717) is 11.3 Å². The van der Waals surface area contributed by atoms with Crippen LogP contribution < -0.4 is 10.6 Å². The Balaban J connectivity index is 0.00000225. The average molecular weight is 388 g/mol. The van der Waals surface area contributed by atoms with Crippen LogP contribution in [0.25, 0.3) is 0 Å². The maximum atomic E-state index is 12.5. The van der Waals surface area contributed by atoms with Crippen LogP contribution in [0.3, 0.4) is 0 Å². The Bertz CT molecular complexity index is 758. The molecular weight excluding hydrogens is 362 g/mol. The number of amides is 1. The number of carbonyl (C=O) groups is 1. The Kier molecular flexibility index (Phi) is 5.83. The normalized spacial score (nSPS) is 21.7. The highest BCUT2D eigenvalue weighted by Crippen LogP contribution is 2.58. The molecule has 8 heteroatoms. The number of hydrogen-bond acceptors (Lipinski definition) is 4. The molecule has 6 nitrogen and oxygen atoms in total. The molecule has 1 saturated heterocycles. The maximum Gasteiger partial charge on any atom is 0.242 e. The molecule has 1 spiro atoms. The second kappa shape index (κ2) is 7.23. The van der Waals surface area contributed by atoms with E-state index in [1.54, 1.807) is 25.1 Å². The van der Waals surface area contributed by atoms with Crippen molar-refractivity contribution < 1.29 is 13.2 Å². The predicted octanol–water partition coefficient (Wildman–Crippen LogP) is 2.00. The van der Waals surface area contributed by atoms with Gasteiger partial charge in [-0.25, -0.2) is 12.7 Å². The monoisotopic (exact) mass is 387 g/mol. The van der Waals surface area contributed by atoms with Crippen molar-refractivity contribution in [2.45, 2.75) is 31.1 Å². The summed E-state index contributed by atoms with van der Waals surface area (Å²) in [7, 11) is -0.514. The molecule has 3 rings (SSSR count). The van der Waals surface area contributed by atoms with Crippen LogP contribution in [0.5, 0.6) is 0 Å². The number of hydrogen-bond donors (Lipinski definition) is 2. The quantitative estimate of drug-likeness (QED) is 0.828. The second-order valence-electron chi connectivity index (χ2n) is 7.13. The summed E-state index contributed by atoms with van der Waals surface area (Å²) >= 11 is 0. The third-order valence-corrected chi connectivity index (χ3v) is 7.28. The summed E-state index contributed by atoms with van der Waals surface area (Å²) in [4.78, 5) is 12.8. The van der Waals surface area contributed by atoms with Gasteiger partial charge in [0.25, 0.3) is 0 Å². The molecule has 1 aromatic carbocycles. The molecule has 2 N–H and O–H groups in total. The van der Waals surface area contributed by atoms with E-state index in [9.17, 15) is 13.2 Å². The van der Waals surface area contributed by atoms with Gasteiger partial charge in [0.1, 0.15) is 0 Å². The molecule has 1 amide bonds. The number of piperidine rings is 1. The Morgan fingerprint density at radius 3 is 2.52 bits per heavy atom. The highest BCUT2D eigenvalue weighted by Gasteiger charge is 2.57. The Morgan fingerprint density at radius 1 is 1.28 bits per heavy atom. The summed E-state index contributed by atoms with van der Waals surface area (Å²) in [6.45, 7) is 3.70. The fourth-order valence-electron chi connectivity index (χ4n) is 3.58. The summed E-state index contributed by atoms with van der Waals surface area (Å²) in [5.41, 5.74) is 1.38. The molecule has 140 valence electrons. The zero-order valence-corrected chi connectivity index (χ0v) is 16.5. The van der Waals surface area contributed by atoms with Crippen molar-refractivity contribution >= 4 is 34.0 Å². The number of sulfonamides is 1. The number of nitrogens with zero attached hydrogens (tertiary/aromatic N) is 1. The lowest BCUT2D eigenvalue weighted by Crippen LogP contribution is -2.31. The SMILES string of the molecule is Cc1ccc(NC(=O)C2CC23CCNCC3)cc1S(=O)(=O)N(C)C.Cl. The lowest BCUT2D eigenvalue weighted by molar-refractivity contribution is -0.118. The van der Waals surface area contributed by atoms with E-state index in [-0.39, 0.29) is 34.5 Å². The molecule has 1 saturated carbocycles. The van der Waals surface area contributed by atoms with E-state index < -0.39 is 10.0 Å². The van der Waals surface area contributed by atoms with E-state index in [0.717, 1.165) is 32.4 Å². The van der Waals surface area contributed by atoms with Crippen molar-refractivity contribution in [1.29, 1.82) is 0 Å². The lowest BCUT2D eigenvalue weighted by Gasteiger charge is -2.23. The van der Waals surface area contributed by atoms with Crippen LogP contribution in [0.1, 0.15) is 24.8 Å². The van der Waals surface area contributed by atoms with Crippen molar-refractivity contribution in [3.8, 4) is 0 Å². The molecule has 1 aromatic rings. The molecule has 2 fully saturated rings. The first-order chi connectivity index (χ1) is 11.3. The van der Waals surface area contributed by atoms with Crippen LogP contribution in [-0.4, -0.2) is 45.8 Å². The minimum atomic E-state index is -3.52. The first-order valence-electron chi connectivity index (χ1n) is 8.31. The van der Waals surface area contributed by atoms with Gasteiger partial charge in [0.15, 0.2) is 0 Å². The molecule has 0 aromatic heterocycles. The standard InChI is InChI=1S/C17H25N3O3S.ClH/c1-12-4-5-13(10-15(12)24(22,23)20(2)3)19-16(21)14-11-17(14)6-8-18-9-7-17;/h4-5,10,14,18H,6-9,11H2,1-3H3,(H,19,21);1H. The smallest absolute Gasteiger partial charge is 0.242 e. The third-order valence-electron chi connectivity index (χ3n) is 5.32. The third kappa shape index (κ3) is 3.84. The predicted molar refractivity (Wildman–Crippen MR) is 101 cm³/mol. The van der Waals surface area contributed by atoms with Crippen LogP contribution in [0, 0.1) is 18.3 Å². The molecule has 0 bridgehead atoms. The molecule has 1 aliphatic carbocycles. The van der Waals surface area contributed by atoms with Gasteiger partial charge in [0.2, 0.25) is 15.9 Å². The van der Waals surface area contributed by atoms with Gasteiger partial charge in [-0.05, 0) is 62.4 Å². The maximum absolute atomic E-state index is 12.5. The summed E-state index contributed by atoms with van der Waals surface area (Å²) < 4.78 is 26.0. The summed E-state index contributed by atoms with van der Waals surface area (Å²) in [6, 6.07) is 5.05. The lowest BCUT2D eigenvalue weighted by atomic mass is 9.92. The fourth-order valence-corrected chi connectivity index (χ4v) is 4.72. The van der Waals surface area contributed by atoms with Crippen LogP contribution >= 0.6 is 12.4 Å². The van der Waals surface area contributed by atoms with Crippen LogP contribution in [0.4, 0.5) is 5.69 Å². The number of halogens is 1. The molecule has 1 unspecified atom stereocenters. The molecule has 1 atom stereocenters. The van der Waals surface area contributed by atoms with Crippen molar-refractivity contribution in [2.75, 3.05) is 32.5 Å². The van der Waals surface area contributed by atoms with E-state index in [1.807, 2.05) is 0 Å². The van der Waals surface area contributed by atoms with E-state index in [1.165, 1.54) is 18.4 Å². The number of rotatable bonds is 4. The van der Waals surface area contributed by atoms with Gasteiger partial charge in [-0.15, -0.1) is 12.4 Å². The highest BCUT2D eigenvalue weighted by molar-refractivity contribution is 7.89. The van der Waals surface area contributed by atoms with Gasteiger partial charge in [-0.1, -0.05) is 6.07 Å². The van der Waals surface area contributed by atoms with Crippen molar-refractivity contribution in [1.82, 2.24) is 9.62 Å². The minimum Gasteiger partial charge on any atom is -0.326 e. The number of aryl methyl sites for hydroxylation is 1. The molecule has 25 heavy (non-hydrogen) atoms. The topological polar surface area (TPSA) is 78.5 Å². The van der Waals surface area contributed by atoms with Crippen LogP contribution in [0.2, 0.25) is 0 Å². The van der Waals surface area contributed by atoms with Gasteiger partial charge < -0.3 is 10.6 Å². The van der Waals surface area contributed by atoms with E-state index in [2.05, 4.69) is 10.6 Å². The number of carbonyl (C=O) groups excluding carboxylic acids is 1. The van der Waals surface area contributed by atoms with Crippen molar-refractivity contribution in [3.63, 3.8) is 0 Å². The number of nitrogens with one attached hydrogen (secondary N) is 2. The van der Waals surface area contributed by atoms with Gasteiger partial charge in [0, 0.05) is 25.7 Å².